The monoisotopic (exact) mass is 442 g/mol. The van der Waals surface area contributed by atoms with Crippen molar-refractivity contribution in [3.63, 3.8) is 0 Å². The number of anilines is 1. The van der Waals surface area contributed by atoms with E-state index in [0.29, 0.717) is 18.8 Å². The Morgan fingerprint density at radius 2 is 1.23 bits per heavy atom. The Kier molecular flexibility index (Phi) is 5.64. The van der Waals surface area contributed by atoms with E-state index >= 15 is 0 Å². The van der Waals surface area contributed by atoms with Gasteiger partial charge in [0.15, 0.2) is 0 Å². The molecule has 0 atom stereocenters. The molecule has 1 aliphatic heterocycles. The predicted molar refractivity (Wildman–Crippen MR) is 117 cm³/mol. The summed E-state index contributed by atoms with van der Waals surface area (Å²) in [6, 6.07) is 22.0. The number of sulfonamides is 2. The van der Waals surface area contributed by atoms with Crippen LogP contribution in [0.25, 0.3) is 11.1 Å². The third-order valence-corrected chi connectivity index (χ3v) is 8.39. The van der Waals surface area contributed by atoms with E-state index in [-0.39, 0.29) is 9.79 Å². The molecule has 0 aliphatic carbocycles. The molecule has 0 spiro atoms. The molecule has 156 valence electrons. The molecule has 1 N–H and O–H groups in total. The zero-order valence-corrected chi connectivity index (χ0v) is 17.9. The molecule has 6 nitrogen and oxygen atoms in total. The Balaban J connectivity index is 1.61. The molecule has 3 aromatic carbocycles. The molecule has 0 saturated carbocycles. The van der Waals surface area contributed by atoms with E-state index in [1.54, 1.807) is 12.1 Å². The number of nitrogens with zero attached hydrogens (tertiary/aromatic N) is 1. The van der Waals surface area contributed by atoms with Gasteiger partial charge in [0.05, 0.1) is 15.5 Å². The van der Waals surface area contributed by atoms with Crippen LogP contribution in [0.5, 0.6) is 0 Å². The molecule has 8 heteroatoms. The Morgan fingerprint density at radius 1 is 0.667 bits per heavy atom. The smallest absolute Gasteiger partial charge is 0.261 e. The summed E-state index contributed by atoms with van der Waals surface area (Å²) < 4.78 is 55.2. The van der Waals surface area contributed by atoms with Crippen molar-refractivity contribution >= 4 is 25.7 Å². The molecule has 30 heavy (non-hydrogen) atoms. The molecule has 1 aliphatic rings. The molecule has 0 amide bonds. The molecular weight excluding hydrogens is 420 g/mol. The average molecular weight is 443 g/mol. The molecular formula is C22H22N2O4S2. The van der Waals surface area contributed by atoms with Crippen molar-refractivity contribution in [1.82, 2.24) is 4.31 Å². The minimum atomic E-state index is -3.88. The van der Waals surface area contributed by atoms with Gasteiger partial charge in [-0.3, -0.25) is 4.72 Å². The molecule has 0 unspecified atom stereocenters. The van der Waals surface area contributed by atoms with Gasteiger partial charge in [0, 0.05) is 18.7 Å². The lowest BCUT2D eigenvalue weighted by molar-refractivity contribution is 0.477. The number of benzene rings is 3. The second-order valence-electron chi connectivity index (χ2n) is 7.10. The zero-order valence-electron chi connectivity index (χ0n) is 16.2. The third kappa shape index (κ3) is 4.12. The maximum atomic E-state index is 12.9. The van der Waals surface area contributed by atoms with Gasteiger partial charge in [-0.25, -0.2) is 16.8 Å². The number of hydrogen-bond donors (Lipinski definition) is 1. The van der Waals surface area contributed by atoms with Gasteiger partial charge in [0.1, 0.15) is 0 Å². The highest BCUT2D eigenvalue weighted by Gasteiger charge is 2.27. The Hall–Kier alpha value is -2.68. The number of hydrogen-bond acceptors (Lipinski definition) is 4. The summed E-state index contributed by atoms with van der Waals surface area (Å²) in [5.74, 6) is 0. The van der Waals surface area contributed by atoms with Gasteiger partial charge in [-0.05, 0) is 48.7 Å². The fraction of sp³-hybridized carbons (Fsp3) is 0.182. The largest absolute Gasteiger partial charge is 0.279 e. The first-order valence-corrected chi connectivity index (χ1v) is 12.6. The van der Waals surface area contributed by atoms with Crippen LogP contribution in [0, 0.1) is 0 Å². The Bertz CT molecular complexity index is 1230. The molecule has 0 aromatic heterocycles. The highest BCUT2D eigenvalue weighted by molar-refractivity contribution is 7.92. The summed E-state index contributed by atoms with van der Waals surface area (Å²) in [5, 5.41) is 0. The minimum Gasteiger partial charge on any atom is -0.279 e. The van der Waals surface area contributed by atoms with Crippen molar-refractivity contribution < 1.29 is 16.8 Å². The number of para-hydroxylation sites is 1. The van der Waals surface area contributed by atoms with Crippen LogP contribution in [0.3, 0.4) is 0 Å². The third-order valence-electron chi connectivity index (χ3n) is 5.09. The molecule has 0 radical (unpaired) electrons. The first-order chi connectivity index (χ1) is 14.4. The lowest BCUT2D eigenvalue weighted by atomic mass is 10.0. The first kappa shape index (κ1) is 20.6. The van der Waals surface area contributed by atoms with E-state index in [1.807, 2.05) is 42.5 Å². The van der Waals surface area contributed by atoms with Crippen molar-refractivity contribution in [2.24, 2.45) is 0 Å². The molecule has 1 saturated heterocycles. The Labute approximate surface area is 177 Å². The van der Waals surface area contributed by atoms with Gasteiger partial charge in [-0.2, -0.15) is 4.31 Å². The van der Waals surface area contributed by atoms with Crippen molar-refractivity contribution in [1.29, 1.82) is 0 Å². The van der Waals surface area contributed by atoms with Gasteiger partial charge in [0.25, 0.3) is 10.0 Å². The van der Waals surface area contributed by atoms with Crippen LogP contribution in [-0.4, -0.2) is 34.2 Å². The van der Waals surface area contributed by atoms with E-state index in [0.717, 1.165) is 24.0 Å². The fourth-order valence-electron chi connectivity index (χ4n) is 3.51. The lowest BCUT2D eigenvalue weighted by Crippen LogP contribution is -2.27. The predicted octanol–water partition coefficient (Wildman–Crippen LogP) is 3.94. The second kappa shape index (κ2) is 8.22. The standard InChI is InChI=1S/C22H22N2O4S2/c25-29(26,23-22-11-5-4-10-21(22)18-8-2-1-3-9-18)19-12-14-20(15-13-19)30(27,28)24-16-6-7-17-24/h1-5,8-15,23H,6-7,16-17H2. The minimum absolute atomic E-state index is 0.00531. The summed E-state index contributed by atoms with van der Waals surface area (Å²) >= 11 is 0. The van der Waals surface area contributed by atoms with Crippen LogP contribution < -0.4 is 4.72 Å². The average Bonchev–Trinajstić information content (AvgIpc) is 3.31. The van der Waals surface area contributed by atoms with Crippen LogP contribution in [-0.2, 0) is 20.0 Å². The van der Waals surface area contributed by atoms with Gasteiger partial charge < -0.3 is 0 Å². The maximum Gasteiger partial charge on any atom is 0.261 e. The van der Waals surface area contributed by atoms with Crippen molar-refractivity contribution in [3.8, 4) is 11.1 Å². The van der Waals surface area contributed by atoms with E-state index in [9.17, 15) is 16.8 Å². The number of nitrogens with one attached hydrogen (secondary N) is 1. The van der Waals surface area contributed by atoms with Crippen LogP contribution in [0.2, 0.25) is 0 Å². The Morgan fingerprint density at radius 3 is 1.90 bits per heavy atom. The van der Waals surface area contributed by atoms with Gasteiger partial charge in [0.2, 0.25) is 10.0 Å². The van der Waals surface area contributed by atoms with Crippen LogP contribution >= 0.6 is 0 Å². The maximum absolute atomic E-state index is 12.9. The van der Waals surface area contributed by atoms with Gasteiger partial charge >= 0.3 is 0 Å². The van der Waals surface area contributed by atoms with E-state index in [1.165, 1.54) is 28.6 Å². The molecule has 4 rings (SSSR count). The quantitative estimate of drug-likeness (QED) is 0.627. The van der Waals surface area contributed by atoms with E-state index in [2.05, 4.69) is 4.72 Å². The summed E-state index contributed by atoms with van der Waals surface area (Å²) in [7, 11) is -7.47. The number of rotatable bonds is 6. The van der Waals surface area contributed by atoms with Crippen LogP contribution in [0.15, 0.2) is 88.7 Å². The van der Waals surface area contributed by atoms with Gasteiger partial charge in [-0.1, -0.05) is 48.5 Å². The zero-order chi connectivity index (χ0) is 21.2. The summed E-state index contributed by atoms with van der Waals surface area (Å²) in [4.78, 5) is 0.110. The summed E-state index contributed by atoms with van der Waals surface area (Å²) in [6.07, 6.45) is 1.69. The normalized spacial score (nSPS) is 15.2. The lowest BCUT2D eigenvalue weighted by Gasteiger charge is -2.16. The molecule has 3 aromatic rings. The highest BCUT2D eigenvalue weighted by Crippen LogP contribution is 2.30. The molecule has 0 bridgehead atoms. The van der Waals surface area contributed by atoms with Crippen molar-refractivity contribution in [2.45, 2.75) is 22.6 Å². The topological polar surface area (TPSA) is 83.5 Å². The van der Waals surface area contributed by atoms with Crippen LogP contribution in [0.1, 0.15) is 12.8 Å². The van der Waals surface area contributed by atoms with Crippen molar-refractivity contribution in [3.05, 3.63) is 78.9 Å². The van der Waals surface area contributed by atoms with Gasteiger partial charge in [-0.15, -0.1) is 0 Å². The van der Waals surface area contributed by atoms with E-state index < -0.39 is 20.0 Å². The fourth-order valence-corrected chi connectivity index (χ4v) is 6.11. The summed E-state index contributed by atoms with van der Waals surface area (Å²) in [5.41, 5.74) is 2.11. The molecule has 1 fully saturated rings. The van der Waals surface area contributed by atoms with Crippen molar-refractivity contribution in [2.75, 3.05) is 17.8 Å². The first-order valence-electron chi connectivity index (χ1n) is 9.65. The van der Waals surface area contributed by atoms with E-state index in [4.69, 9.17) is 0 Å². The second-order valence-corrected chi connectivity index (χ2v) is 10.7. The highest BCUT2D eigenvalue weighted by atomic mass is 32.2. The molecule has 1 heterocycles. The van der Waals surface area contributed by atoms with Crippen LogP contribution in [0.4, 0.5) is 5.69 Å². The summed E-state index contributed by atoms with van der Waals surface area (Å²) in [6.45, 7) is 1.00. The SMILES string of the molecule is O=S(=O)(Nc1ccccc1-c1ccccc1)c1ccc(S(=O)(=O)N2CCCC2)cc1.